The van der Waals surface area contributed by atoms with Gasteiger partial charge in [-0.05, 0) is 193 Å². The molecule has 8 aromatic rings. The summed E-state index contributed by atoms with van der Waals surface area (Å²) >= 11 is 0. The van der Waals surface area contributed by atoms with E-state index in [1.54, 1.807) is 0 Å². The van der Waals surface area contributed by atoms with Gasteiger partial charge in [0.05, 0.1) is 16.9 Å². The SMILES string of the molecule is CC(C)(C)c1ccc(N2c3cc4c(cc3B3c5cc6c(cc5N(c5ccc(C(C)(C)C)cc5-c5ccccc5)c5cc(N7c8ccccc8C8(C)CCCCC78C)cc2c53)C(C)(C)CC6(C)C)C(C)(C)CCC4(C)C)c(-c2ccccc2)c1. The lowest BCUT2D eigenvalue weighted by Gasteiger charge is -2.51. The van der Waals surface area contributed by atoms with E-state index in [4.69, 9.17) is 0 Å². The van der Waals surface area contributed by atoms with Gasteiger partial charge in [0.2, 0.25) is 0 Å². The lowest BCUT2D eigenvalue weighted by Crippen LogP contribution is -2.62. The van der Waals surface area contributed by atoms with Crippen molar-refractivity contribution in [2.24, 2.45) is 0 Å². The molecule has 14 rings (SSSR count). The summed E-state index contributed by atoms with van der Waals surface area (Å²) in [7, 11) is 0. The molecule has 83 heavy (non-hydrogen) atoms. The predicted octanol–water partition coefficient (Wildman–Crippen LogP) is 19.7. The quantitative estimate of drug-likeness (QED) is 0.159. The highest BCUT2D eigenvalue weighted by atomic mass is 15.3. The van der Waals surface area contributed by atoms with Crippen molar-refractivity contribution < 1.29 is 0 Å². The highest BCUT2D eigenvalue weighted by Crippen LogP contribution is 2.63. The minimum atomic E-state index is -0.164. The monoisotopic (exact) mass is 1090 g/mol. The second-order valence-corrected chi connectivity index (χ2v) is 31.5. The van der Waals surface area contributed by atoms with E-state index in [9.17, 15) is 0 Å². The van der Waals surface area contributed by atoms with Gasteiger partial charge in [0.15, 0.2) is 0 Å². The first-order chi connectivity index (χ1) is 39.1. The second kappa shape index (κ2) is 17.9. The molecule has 3 aliphatic heterocycles. The molecular weight excluding hydrogens is 1000 g/mol. The number of anilines is 8. The van der Waals surface area contributed by atoms with Gasteiger partial charge < -0.3 is 14.7 Å². The lowest BCUT2D eigenvalue weighted by molar-refractivity contribution is 0.195. The average molecular weight is 1090 g/mol. The molecule has 0 saturated heterocycles. The van der Waals surface area contributed by atoms with Gasteiger partial charge in [0.1, 0.15) is 0 Å². The molecule has 1 saturated carbocycles. The average Bonchev–Trinajstić information content (AvgIpc) is 1.86. The van der Waals surface area contributed by atoms with E-state index in [0.717, 1.165) is 25.7 Å². The summed E-state index contributed by atoms with van der Waals surface area (Å²) in [5, 5.41) is 0. The number of hydrogen-bond donors (Lipinski definition) is 0. The number of para-hydroxylation sites is 1. The molecule has 3 heterocycles. The Balaban J connectivity index is 1.19. The van der Waals surface area contributed by atoms with Gasteiger partial charge in [-0.2, -0.15) is 0 Å². The summed E-state index contributed by atoms with van der Waals surface area (Å²) in [6.45, 7) is 39.4. The molecule has 2 atom stereocenters. The Morgan fingerprint density at radius 2 is 0.807 bits per heavy atom. The topological polar surface area (TPSA) is 9.72 Å². The van der Waals surface area contributed by atoms with Crippen LogP contribution in [0.1, 0.15) is 195 Å². The predicted molar refractivity (Wildman–Crippen MR) is 357 cm³/mol. The minimum absolute atomic E-state index is 0.000658. The fraction of sp³-hybridized carbons (Fsp3) is 0.392. The summed E-state index contributed by atoms with van der Waals surface area (Å²) in [6, 6.07) is 63.3. The molecule has 3 nitrogen and oxygen atoms in total. The number of fused-ring (bicyclic) bond motifs is 9. The van der Waals surface area contributed by atoms with Gasteiger partial charge in [-0.3, -0.25) is 0 Å². The molecule has 0 spiro atoms. The second-order valence-electron chi connectivity index (χ2n) is 31.5. The molecule has 422 valence electrons. The first-order valence-electron chi connectivity index (χ1n) is 31.6. The van der Waals surface area contributed by atoms with E-state index in [0.29, 0.717) is 0 Å². The zero-order valence-corrected chi connectivity index (χ0v) is 52.9. The van der Waals surface area contributed by atoms with E-state index >= 15 is 0 Å². The highest BCUT2D eigenvalue weighted by molar-refractivity contribution is 7.00. The van der Waals surface area contributed by atoms with Crippen molar-refractivity contribution in [3.8, 4) is 22.3 Å². The van der Waals surface area contributed by atoms with Crippen LogP contribution < -0.4 is 31.1 Å². The van der Waals surface area contributed by atoms with Crippen molar-refractivity contribution in [1.29, 1.82) is 0 Å². The maximum absolute atomic E-state index is 2.85. The molecule has 0 bridgehead atoms. The molecule has 1 fully saturated rings. The van der Waals surface area contributed by atoms with Crippen molar-refractivity contribution in [2.45, 2.75) is 199 Å². The minimum Gasteiger partial charge on any atom is -0.334 e. The van der Waals surface area contributed by atoms with E-state index in [-0.39, 0.29) is 50.2 Å². The van der Waals surface area contributed by atoms with Crippen LogP contribution in [0.3, 0.4) is 0 Å². The fourth-order valence-electron chi connectivity index (χ4n) is 17.3. The van der Waals surface area contributed by atoms with Gasteiger partial charge in [-0.25, -0.2) is 0 Å². The number of rotatable bonds is 5. The first-order valence-corrected chi connectivity index (χ1v) is 31.6. The first kappa shape index (κ1) is 54.2. The Bertz CT molecular complexity index is 3980. The normalized spacial score (nSPS) is 22.0. The van der Waals surface area contributed by atoms with E-state index < -0.39 is 0 Å². The third-order valence-corrected chi connectivity index (χ3v) is 22.2. The van der Waals surface area contributed by atoms with Crippen molar-refractivity contribution in [3.05, 3.63) is 197 Å². The summed E-state index contributed by atoms with van der Waals surface area (Å²) < 4.78 is 0. The maximum atomic E-state index is 2.85. The maximum Gasteiger partial charge on any atom is 0.252 e. The van der Waals surface area contributed by atoms with Crippen molar-refractivity contribution in [1.82, 2.24) is 0 Å². The van der Waals surface area contributed by atoms with E-state index in [1.807, 2.05) is 0 Å². The third kappa shape index (κ3) is 7.95. The Morgan fingerprint density at radius 1 is 0.373 bits per heavy atom. The van der Waals surface area contributed by atoms with Crippen LogP contribution >= 0.6 is 0 Å². The van der Waals surface area contributed by atoms with Crippen LogP contribution in [0.15, 0.2) is 158 Å². The summed E-state index contributed by atoms with van der Waals surface area (Å²) in [5.41, 5.74) is 29.2. The molecule has 4 heteroatoms. The Hall–Kier alpha value is -6.78. The van der Waals surface area contributed by atoms with E-state index in [2.05, 4.69) is 283 Å². The lowest BCUT2D eigenvalue weighted by atomic mass is 9.33. The van der Waals surface area contributed by atoms with Crippen molar-refractivity contribution >= 4 is 68.6 Å². The summed E-state index contributed by atoms with van der Waals surface area (Å²) in [4.78, 5) is 8.42. The van der Waals surface area contributed by atoms with Crippen LogP contribution in [0.25, 0.3) is 22.3 Å². The van der Waals surface area contributed by atoms with Gasteiger partial charge >= 0.3 is 0 Å². The van der Waals surface area contributed by atoms with Gasteiger partial charge in [0.25, 0.3) is 6.71 Å². The highest BCUT2D eigenvalue weighted by Gasteiger charge is 2.58. The fourth-order valence-corrected chi connectivity index (χ4v) is 17.3. The van der Waals surface area contributed by atoms with Gasteiger partial charge in [0, 0.05) is 50.7 Å². The van der Waals surface area contributed by atoms with Crippen LogP contribution in [0.2, 0.25) is 0 Å². The third-order valence-electron chi connectivity index (χ3n) is 22.2. The van der Waals surface area contributed by atoms with Crippen LogP contribution in [0.5, 0.6) is 0 Å². The standard InChI is InChI=1S/C79H88BN3/c1-72(2,3)52-33-35-64(55(41-52)50-27-19-17-20-28-50)81-67-47-60-58(74(7,8)39-40-75(60,9)10)45-62(67)80-63-46-59-61(77(13,14)49-76(59,11)12)48-68(63)82(65-36-34-53(73(4,5)6)42-56(65)51-29-21-18-22-30-51)70-44-54(43-69(81)71(70)80)83-66-32-24-23-31-57(66)78(15)37-25-26-38-79(78,83)16/h17-24,27-36,41-48H,25-26,37-40,49H2,1-16H3. The molecular formula is C79H88BN3. The van der Waals surface area contributed by atoms with Crippen LogP contribution in [-0.4, -0.2) is 12.3 Å². The number of hydrogen-bond acceptors (Lipinski definition) is 3. The summed E-state index contributed by atoms with van der Waals surface area (Å²) in [5.74, 6) is 0. The molecule has 2 unspecified atom stereocenters. The zero-order chi connectivity index (χ0) is 58.3. The molecule has 0 amide bonds. The Labute approximate surface area is 498 Å². The Morgan fingerprint density at radius 3 is 1.30 bits per heavy atom. The largest absolute Gasteiger partial charge is 0.334 e. The Kier molecular flexibility index (Phi) is 11.7. The van der Waals surface area contributed by atoms with Crippen LogP contribution in [0.4, 0.5) is 45.5 Å². The number of nitrogens with zero attached hydrogens (tertiary/aromatic N) is 3. The molecule has 0 N–H and O–H groups in total. The van der Waals surface area contributed by atoms with Crippen LogP contribution in [0, 0.1) is 0 Å². The van der Waals surface area contributed by atoms with E-state index in [1.165, 1.54) is 142 Å². The van der Waals surface area contributed by atoms with Crippen molar-refractivity contribution in [3.63, 3.8) is 0 Å². The molecule has 6 aliphatic rings. The molecule has 0 radical (unpaired) electrons. The van der Waals surface area contributed by atoms with Gasteiger partial charge in [-0.15, -0.1) is 0 Å². The van der Waals surface area contributed by atoms with Crippen molar-refractivity contribution in [2.75, 3.05) is 14.7 Å². The molecule has 8 aromatic carbocycles. The van der Waals surface area contributed by atoms with Gasteiger partial charge in [-0.1, -0.05) is 220 Å². The summed E-state index contributed by atoms with van der Waals surface area (Å²) in [6.07, 6.45) is 8.15. The van der Waals surface area contributed by atoms with Crippen LogP contribution in [-0.2, 0) is 37.9 Å². The molecule has 0 aromatic heterocycles. The number of benzene rings is 8. The molecule has 3 aliphatic carbocycles. The smallest absolute Gasteiger partial charge is 0.252 e. The zero-order valence-electron chi connectivity index (χ0n) is 52.9.